The van der Waals surface area contributed by atoms with Gasteiger partial charge in [0.2, 0.25) is 0 Å². The molecule has 1 rings (SSSR count). The first-order valence-corrected chi connectivity index (χ1v) is 6.29. The first-order valence-electron chi connectivity index (χ1n) is 5.13. The molecule has 0 aromatic heterocycles. The fraction of sp³-hybridized carbons (Fsp3) is 0.250. The standard InChI is InChI=1S/C12H17N3S.HI/c1-2-9-16-10-8-14-12(13)15-11-6-4-3-5-7-11;/h2-7H,1,8-10H2,(H3,13,14,15);1H. The number of nitrogens with one attached hydrogen (secondary N) is 1. The lowest BCUT2D eigenvalue weighted by atomic mass is 10.3. The smallest absolute Gasteiger partial charge is 0.193 e. The van der Waals surface area contributed by atoms with E-state index < -0.39 is 0 Å². The number of guanidine groups is 1. The Bertz CT molecular complexity index is 341. The van der Waals surface area contributed by atoms with Crippen LogP contribution < -0.4 is 11.1 Å². The highest BCUT2D eigenvalue weighted by Crippen LogP contribution is 2.04. The number of nitrogens with two attached hydrogens (primary N) is 1. The number of anilines is 1. The van der Waals surface area contributed by atoms with Gasteiger partial charge in [-0.2, -0.15) is 11.8 Å². The van der Waals surface area contributed by atoms with Gasteiger partial charge in [-0.1, -0.05) is 24.3 Å². The van der Waals surface area contributed by atoms with Gasteiger partial charge in [0, 0.05) is 17.2 Å². The molecule has 0 atom stereocenters. The maximum Gasteiger partial charge on any atom is 0.193 e. The van der Waals surface area contributed by atoms with Crippen LogP contribution in [0.4, 0.5) is 5.69 Å². The molecule has 3 N–H and O–H groups in total. The topological polar surface area (TPSA) is 50.4 Å². The van der Waals surface area contributed by atoms with Gasteiger partial charge in [-0.3, -0.25) is 4.99 Å². The molecular formula is C12H18IN3S. The Hall–Kier alpha value is -0.690. The van der Waals surface area contributed by atoms with Crippen LogP contribution in [0.3, 0.4) is 0 Å². The molecule has 17 heavy (non-hydrogen) atoms. The van der Waals surface area contributed by atoms with E-state index in [1.54, 1.807) is 11.8 Å². The van der Waals surface area contributed by atoms with Crippen LogP contribution in [0, 0.1) is 0 Å². The first kappa shape index (κ1) is 16.3. The molecule has 0 fully saturated rings. The van der Waals surface area contributed by atoms with Crippen LogP contribution in [-0.4, -0.2) is 24.0 Å². The summed E-state index contributed by atoms with van der Waals surface area (Å²) in [7, 11) is 0. The van der Waals surface area contributed by atoms with E-state index in [4.69, 9.17) is 5.73 Å². The second-order valence-corrected chi connectivity index (χ2v) is 4.27. The van der Waals surface area contributed by atoms with E-state index in [0.717, 1.165) is 23.7 Å². The van der Waals surface area contributed by atoms with Gasteiger partial charge in [0.25, 0.3) is 0 Å². The molecule has 1 aromatic carbocycles. The minimum atomic E-state index is 0. The molecule has 0 radical (unpaired) electrons. The van der Waals surface area contributed by atoms with Gasteiger partial charge in [0.1, 0.15) is 0 Å². The van der Waals surface area contributed by atoms with Gasteiger partial charge < -0.3 is 11.1 Å². The average Bonchev–Trinajstić information content (AvgIpc) is 2.30. The van der Waals surface area contributed by atoms with Crippen LogP contribution in [0.5, 0.6) is 0 Å². The number of halogens is 1. The van der Waals surface area contributed by atoms with Gasteiger partial charge in [-0.05, 0) is 12.1 Å². The van der Waals surface area contributed by atoms with Crippen LogP contribution in [0.15, 0.2) is 48.0 Å². The maximum atomic E-state index is 5.73. The van der Waals surface area contributed by atoms with Crippen LogP contribution in [0.1, 0.15) is 0 Å². The van der Waals surface area contributed by atoms with E-state index in [1.165, 1.54) is 0 Å². The second kappa shape index (κ2) is 10.5. The molecule has 0 heterocycles. The Kier molecular flexibility index (Phi) is 10.0. The number of hydrogen-bond donors (Lipinski definition) is 2. The largest absolute Gasteiger partial charge is 0.370 e. The quantitative estimate of drug-likeness (QED) is 0.269. The number of para-hydroxylation sites is 1. The van der Waals surface area contributed by atoms with E-state index in [2.05, 4.69) is 16.9 Å². The molecule has 94 valence electrons. The molecule has 0 saturated heterocycles. The summed E-state index contributed by atoms with van der Waals surface area (Å²) < 4.78 is 0. The summed E-state index contributed by atoms with van der Waals surface area (Å²) in [4.78, 5) is 4.22. The van der Waals surface area contributed by atoms with Crippen molar-refractivity contribution < 1.29 is 0 Å². The zero-order valence-corrected chi connectivity index (χ0v) is 12.8. The van der Waals surface area contributed by atoms with Crippen LogP contribution in [0.2, 0.25) is 0 Å². The van der Waals surface area contributed by atoms with Crippen LogP contribution in [0.25, 0.3) is 0 Å². The lowest BCUT2D eigenvalue weighted by Gasteiger charge is -2.04. The third kappa shape index (κ3) is 8.09. The van der Waals surface area contributed by atoms with Crippen molar-refractivity contribution in [2.75, 3.05) is 23.4 Å². The highest BCUT2D eigenvalue weighted by atomic mass is 127. The van der Waals surface area contributed by atoms with Crippen molar-refractivity contribution in [3.8, 4) is 0 Å². The number of hydrogen-bond acceptors (Lipinski definition) is 2. The normalized spacial score (nSPS) is 10.5. The molecule has 0 amide bonds. The van der Waals surface area contributed by atoms with E-state index in [9.17, 15) is 0 Å². The van der Waals surface area contributed by atoms with Gasteiger partial charge in [0.15, 0.2) is 5.96 Å². The van der Waals surface area contributed by atoms with Crippen molar-refractivity contribution in [2.45, 2.75) is 0 Å². The molecule has 5 heteroatoms. The van der Waals surface area contributed by atoms with Gasteiger partial charge in [-0.15, -0.1) is 30.6 Å². The van der Waals surface area contributed by atoms with E-state index in [-0.39, 0.29) is 24.0 Å². The Morgan fingerprint density at radius 1 is 1.41 bits per heavy atom. The van der Waals surface area contributed by atoms with Crippen molar-refractivity contribution in [1.82, 2.24) is 0 Å². The van der Waals surface area contributed by atoms with Gasteiger partial charge in [-0.25, -0.2) is 0 Å². The highest BCUT2D eigenvalue weighted by molar-refractivity contribution is 14.0. The summed E-state index contributed by atoms with van der Waals surface area (Å²) in [6, 6.07) is 9.78. The summed E-state index contributed by atoms with van der Waals surface area (Å²) in [5.41, 5.74) is 6.69. The second-order valence-electron chi connectivity index (χ2n) is 3.12. The number of aliphatic imine (C=N–C) groups is 1. The molecule has 0 aliphatic heterocycles. The maximum absolute atomic E-state index is 5.73. The van der Waals surface area contributed by atoms with Crippen molar-refractivity contribution in [2.24, 2.45) is 10.7 Å². The van der Waals surface area contributed by atoms with Crippen molar-refractivity contribution in [3.63, 3.8) is 0 Å². The van der Waals surface area contributed by atoms with Gasteiger partial charge >= 0.3 is 0 Å². The number of nitrogens with zero attached hydrogens (tertiary/aromatic N) is 1. The third-order valence-electron chi connectivity index (χ3n) is 1.80. The average molecular weight is 363 g/mol. The zero-order chi connectivity index (χ0) is 11.6. The molecular weight excluding hydrogens is 345 g/mol. The van der Waals surface area contributed by atoms with Crippen molar-refractivity contribution >= 4 is 47.4 Å². The van der Waals surface area contributed by atoms with E-state index in [1.807, 2.05) is 36.4 Å². The Balaban J connectivity index is 0.00000256. The summed E-state index contributed by atoms with van der Waals surface area (Å²) in [5.74, 6) is 2.38. The van der Waals surface area contributed by atoms with E-state index in [0.29, 0.717) is 5.96 Å². The fourth-order valence-corrected chi connectivity index (χ4v) is 1.66. The fourth-order valence-electron chi connectivity index (χ4n) is 1.11. The lowest BCUT2D eigenvalue weighted by Crippen LogP contribution is -2.23. The molecule has 0 unspecified atom stereocenters. The molecule has 0 saturated carbocycles. The molecule has 0 aliphatic carbocycles. The predicted molar refractivity (Wildman–Crippen MR) is 89.5 cm³/mol. The highest BCUT2D eigenvalue weighted by Gasteiger charge is 1.92. The summed E-state index contributed by atoms with van der Waals surface area (Å²) in [6.45, 7) is 4.38. The molecule has 3 nitrogen and oxygen atoms in total. The summed E-state index contributed by atoms with van der Waals surface area (Å²) in [6.07, 6.45) is 1.89. The minimum absolute atomic E-state index is 0. The summed E-state index contributed by atoms with van der Waals surface area (Å²) >= 11 is 1.79. The molecule has 0 spiro atoms. The van der Waals surface area contributed by atoms with E-state index >= 15 is 0 Å². The zero-order valence-electron chi connectivity index (χ0n) is 9.63. The number of thioether (sulfide) groups is 1. The first-order chi connectivity index (χ1) is 7.83. The number of rotatable bonds is 6. The molecule has 0 aliphatic rings. The van der Waals surface area contributed by atoms with Crippen LogP contribution in [-0.2, 0) is 0 Å². The summed E-state index contributed by atoms with van der Waals surface area (Å²) in [5, 5.41) is 3.03. The minimum Gasteiger partial charge on any atom is -0.370 e. The third-order valence-corrected chi connectivity index (χ3v) is 2.74. The SMILES string of the molecule is C=CCSCCN=C(N)Nc1ccccc1.I. The van der Waals surface area contributed by atoms with Gasteiger partial charge in [0.05, 0.1) is 6.54 Å². The molecule has 0 bridgehead atoms. The number of benzene rings is 1. The van der Waals surface area contributed by atoms with Crippen molar-refractivity contribution in [1.29, 1.82) is 0 Å². The monoisotopic (exact) mass is 363 g/mol. The van der Waals surface area contributed by atoms with Crippen LogP contribution >= 0.6 is 35.7 Å². The Morgan fingerprint density at radius 3 is 2.76 bits per heavy atom. The van der Waals surface area contributed by atoms with Crippen molar-refractivity contribution in [3.05, 3.63) is 43.0 Å². The Morgan fingerprint density at radius 2 is 2.12 bits per heavy atom. The Labute approximate surface area is 124 Å². The lowest BCUT2D eigenvalue weighted by molar-refractivity contribution is 1.13. The molecule has 1 aromatic rings. The predicted octanol–water partition coefficient (Wildman–Crippen LogP) is 2.95.